The van der Waals surface area contributed by atoms with Gasteiger partial charge in [0.15, 0.2) is 5.58 Å². The lowest BCUT2D eigenvalue weighted by molar-refractivity contribution is -0.123. The number of amides is 2. The lowest BCUT2D eigenvalue weighted by atomic mass is 10.2. The van der Waals surface area contributed by atoms with E-state index in [2.05, 4.69) is 15.6 Å². The van der Waals surface area contributed by atoms with Crippen LogP contribution in [0.4, 0.5) is 5.69 Å². The summed E-state index contributed by atoms with van der Waals surface area (Å²) in [6.45, 7) is 1.58. The molecule has 28 heavy (non-hydrogen) atoms. The number of aromatic nitrogens is 1. The average molecular weight is 381 g/mol. The third-order valence-electron chi connectivity index (χ3n) is 3.98. The van der Waals surface area contributed by atoms with Crippen LogP contribution in [0.3, 0.4) is 0 Å². The SMILES string of the molecule is COc1ccc(/C=C/C(=O)NC(C)C(=O)Nc2ccc3oc(=O)[nH]c3c2)cc1. The Morgan fingerprint density at radius 2 is 1.93 bits per heavy atom. The Kier molecular flexibility index (Phi) is 5.59. The predicted molar refractivity (Wildman–Crippen MR) is 105 cm³/mol. The molecule has 0 aliphatic carbocycles. The van der Waals surface area contributed by atoms with Gasteiger partial charge in [0.2, 0.25) is 11.8 Å². The zero-order valence-electron chi connectivity index (χ0n) is 15.3. The van der Waals surface area contributed by atoms with Crippen molar-refractivity contribution >= 4 is 34.7 Å². The number of rotatable bonds is 6. The van der Waals surface area contributed by atoms with E-state index >= 15 is 0 Å². The molecule has 0 aliphatic rings. The summed E-state index contributed by atoms with van der Waals surface area (Å²) < 4.78 is 9.99. The normalized spacial score (nSPS) is 12.1. The van der Waals surface area contributed by atoms with Crippen LogP contribution in [0.2, 0.25) is 0 Å². The van der Waals surface area contributed by atoms with Gasteiger partial charge in [0.1, 0.15) is 11.8 Å². The zero-order chi connectivity index (χ0) is 20.1. The van der Waals surface area contributed by atoms with Crippen molar-refractivity contribution in [3.8, 4) is 5.75 Å². The molecule has 2 aromatic carbocycles. The van der Waals surface area contributed by atoms with Crippen molar-refractivity contribution in [3.05, 3.63) is 64.7 Å². The maximum absolute atomic E-state index is 12.3. The van der Waals surface area contributed by atoms with Gasteiger partial charge in [-0.25, -0.2) is 4.79 Å². The number of nitrogens with one attached hydrogen (secondary N) is 3. The number of oxazole rings is 1. The van der Waals surface area contributed by atoms with Gasteiger partial charge < -0.3 is 19.8 Å². The molecule has 0 spiro atoms. The van der Waals surface area contributed by atoms with Gasteiger partial charge in [-0.1, -0.05) is 12.1 Å². The standard InChI is InChI=1S/C20H19N3O5/c1-12(21-18(24)10-5-13-3-7-15(27-2)8-4-13)19(25)22-14-6-9-17-16(11-14)23-20(26)28-17/h3-12H,1-2H3,(H,21,24)(H,22,25)(H,23,26)/b10-5+. The first kappa shape index (κ1) is 19.0. The van der Waals surface area contributed by atoms with E-state index < -0.39 is 23.6 Å². The van der Waals surface area contributed by atoms with Gasteiger partial charge in [-0.15, -0.1) is 0 Å². The second-order valence-electron chi connectivity index (χ2n) is 6.05. The number of hydrogen-bond donors (Lipinski definition) is 3. The number of ether oxygens (including phenoxy) is 1. The summed E-state index contributed by atoms with van der Waals surface area (Å²) in [6, 6.07) is 11.2. The van der Waals surface area contributed by atoms with Crippen molar-refractivity contribution in [3.63, 3.8) is 0 Å². The molecule has 0 bridgehead atoms. The summed E-state index contributed by atoms with van der Waals surface area (Å²) in [4.78, 5) is 38.0. The van der Waals surface area contributed by atoms with Crippen LogP contribution in [-0.2, 0) is 9.59 Å². The lowest BCUT2D eigenvalue weighted by Gasteiger charge is -2.13. The van der Waals surface area contributed by atoms with Crippen molar-refractivity contribution in [2.45, 2.75) is 13.0 Å². The van der Waals surface area contributed by atoms with Gasteiger partial charge in [-0.2, -0.15) is 0 Å². The number of carbonyl (C=O) groups excluding carboxylic acids is 2. The number of carbonyl (C=O) groups is 2. The van der Waals surface area contributed by atoms with Gasteiger partial charge in [0.05, 0.1) is 12.6 Å². The van der Waals surface area contributed by atoms with Crippen molar-refractivity contribution in [1.82, 2.24) is 10.3 Å². The van der Waals surface area contributed by atoms with Crippen LogP contribution in [0.25, 0.3) is 17.2 Å². The molecule has 8 heteroatoms. The Morgan fingerprint density at radius 3 is 2.64 bits per heavy atom. The van der Waals surface area contributed by atoms with Gasteiger partial charge in [-0.3, -0.25) is 14.6 Å². The van der Waals surface area contributed by atoms with E-state index in [0.29, 0.717) is 16.8 Å². The molecule has 0 aliphatic heterocycles. The Balaban J connectivity index is 1.56. The van der Waals surface area contributed by atoms with Crippen LogP contribution in [0.1, 0.15) is 12.5 Å². The third-order valence-corrected chi connectivity index (χ3v) is 3.98. The number of hydrogen-bond acceptors (Lipinski definition) is 5. The first-order valence-electron chi connectivity index (χ1n) is 8.51. The van der Waals surface area contributed by atoms with Crippen molar-refractivity contribution in [2.24, 2.45) is 0 Å². The molecule has 0 saturated carbocycles. The fraction of sp³-hybridized carbons (Fsp3) is 0.150. The number of aromatic amines is 1. The van der Waals surface area contributed by atoms with Crippen molar-refractivity contribution < 1.29 is 18.7 Å². The van der Waals surface area contributed by atoms with E-state index in [1.54, 1.807) is 50.4 Å². The smallest absolute Gasteiger partial charge is 0.417 e. The molecular weight excluding hydrogens is 362 g/mol. The summed E-state index contributed by atoms with van der Waals surface area (Å²) in [5.74, 6) is -0.628. The van der Waals surface area contributed by atoms with Crippen LogP contribution in [-0.4, -0.2) is 29.9 Å². The highest BCUT2D eigenvalue weighted by molar-refractivity contribution is 6.00. The Morgan fingerprint density at radius 1 is 1.18 bits per heavy atom. The fourth-order valence-electron chi connectivity index (χ4n) is 2.49. The molecule has 2 amide bonds. The topological polar surface area (TPSA) is 113 Å². The number of methoxy groups -OCH3 is 1. The van der Waals surface area contributed by atoms with Crippen LogP contribution in [0, 0.1) is 0 Å². The first-order valence-corrected chi connectivity index (χ1v) is 8.51. The molecule has 1 aromatic heterocycles. The van der Waals surface area contributed by atoms with E-state index in [9.17, 15) is 14.4 Å². The predicted octanol–water partition coefficient (Wildman–Crippen LogP) is 2.29. The van der Waals surface area contributed by atoms with Gasteiger partial charge in [0, 0.05) is 11.8 Å². The molecule has 0 saturated heterocycles. The van der Waals surface area contributed by atoms with E-state index in [0.717, 1.165) is 11.3 Å². The molecule has 3 rings (SSSR count). The summed E-state index contributed by atoms with van der Waals surface area (Å²) in [5, 5.41) is 5.27. The van der Waals surface area contributed by atoms with Crippen LogP contribution >= 0.6 is 0 Å². The third kappa shape index (κ3) is 4.67. The highest BCUT2D eigenvalue weighted by atomic mass is 16.5. The zero-order valence-corrected chi connectivity index (χ0v) is 15.3. The van der Waals surface area contributed by atoms with Gasteiger partial charge >= 0.3 is 5.76 Å². The molecule has 8 nitrogen and oxygen atoms in total. The summed E-state index contributed by atoms with van der Waals surface area (Å²) in [5.41, 5.74) is 2.18. The van der Waals surface area contributed by atoms with Gasteiger partial charge in [0.25, 0.3) is 0 Å². The first-order chi connectivity index (χ1) is 13.4. The fourth-order valence-corrected chi connectivity index (χ4v) is 2.49. The second-order valence-corrected chi connectivity index (χ2v) is 6.05. The van der Waals surface area contributed by atoms with Crippen LogP contribution in [0.15, 0.2) is 57.8 Å². The second kappa shape index (κ2) is 8.26. The van der Waals surface area contributed by atoms with Gasteiger partial charge in [-0.05, 0) is 48.9 Å². The molecule has 3 aromatic rings. The number of H-pyrrole nitrogens is 1. The van der Waals surface area contributed by atoms with E-state index in [1.165, 1.54) is 6.08 Å². The van der Waals surface area contributed by atoms with Crippen LogP contribution in [0.5, 0.6) is 5.75 Å². The highest BCUT2D eigenvalue weighted by Gasteiger charge is 2.15. The number of benzene rings is 2. The maximum atomic E-state index is 12.3. The van der Waals surface area contributed by atoms with Crippen LogP contribution < -0.4 is 21.1 Å². The number of fused-ring (bicyclic) bond motifs is 1. The molecule has 1 heterocycles. The molecule has 144 valence electrons. The Hall–Kier alpha value is -3.81. The minimum Gasteiger partial charge on any atom is -0.497 e. The van der Waals surface area contributed by atoms with Crippen molar-refractivity contribution in [2.75, 3.05) is 12.4 Å². The lowest BCUT2D eigenvalue weighted by Crippen LogP contribution is -2.40. The molecule has 1 unspecified atom stereocenters. The minimum absolute atomic E-state index is 0.392. The molecule has 1 atom stereocenters. The summed E-state index contributed by atoms with van der Waals surface area (Å²) >= 11 is 0. The Bertz CT molecular complexity index is 1080. The quantitative estimate of drug-likeness (QED) is 0.567. The molecule has 3 N–H and O–H groups in total. The molecular formula is C20H19N3O5. The minimum atomic E-state index is -0.757. The number of anilines is 1. The summed E-state index contributed by atoms with van der Waals surface area (Å²) in [7, 11) is 1.58. The highest BCUT2D eigenvalue weighted by Crippen LogP contribution is 2.16. The molecule has 0 fully saturated rings. The van der Waals surface area contributed by atoms with Crippen molar-refractivity contribution in [1.29, 1.82) is 0 Å². The average Bonchev–Trinajstić information content (AvgIpc) is 3.06. The monoisotopic (exact) mass is 381 g/mol. The Labute approximate surface area is 160 Å². The summed E-state index contributed by atoms with van der Waals surface area (Å²) in [6.07, 6.45) is 3.00. The largest absolute Gasteiger partial charge is 0.497 e. The van der Waals surface area contributed by atoms with E-state index in [-0.39, 0.29) is 0 Å². The molecule has 0 radical (unpaired) electrons. The van der Waals surface area contributed by atoms with E-state index in [4.69, 9.17) is 9.15 Å². The van der Waals surface area contributed by atoms with E-state index in [1.807, 2.05) is 12.1 Å². The maximum Gasteiger partial charge on any atom is 0.417 e.